The lowest BCUT2D eigenvalue weighted by atomic mass is 10.2. The van der Waals surface area contributed by atoms with Gasteiger partial charge in [-0.15, -0.1) is 5.75 Å². The van der Waals surface area contributed by atoms with Gasteiger partial charge in [-0.05, 0) is 11.6 Å². The lowest BCUT2D eigenvalue weighted by Crippen LogP contribution is -3.02. The van der Waals surface area contributed by atoms with E-state index in [4.69, 9.17) is 5.11 Å². The molecule has 0 aliphatic carbocycles. The number of methoxy groups -OCH3 is 1. The summed E-state index contributed by atoms with van der Waals surface area (Å²) in [4.78, 5) is 12.0. The Kier molecular flexibility index (Phi) is 7.23. The molecular formula is C13H19NO4. The summed E-state index contributed by atoms with van der Waals surface area (Å²) in [6.45, 7) is 0. The van der Waals surface area contributed by atoms with Crippen molar-refractivity contribution in [3.63, 3.8) is 0 Å². The Bertz CT molecular complexity index is 393. The maximum absolute atomic E-state index is 10.7. The summed E-state index contributed by atoms with van der Waals surface area (Å²) < 4.78 is 4.63. The predicted octanol–water partition coefficient (Wildman–Crippen LogP) is -0.407. The van der Waals surface area contributed by atoms with Crippen LogP contribution in [0.3, 0.4) is 0 Å². The molecule has 5 heteroatoms. The lowest BCUT2D eigenvalue weighted by molar-refractivity contribution is -0.836. The SMILES string of the molecule is COC(=Cc1ccc([O-])cc1)C(=O)O.C[NH+](C)C. The summed E-state index contributed by atoms with van der Waals surface area (Å²) in [7, 11) is 7.53. The molecule has 1 aromatic rings. The minimum absolute atomic E-state index is 0.114. The molecule has 0 unspecified atom stereocenters. The number of nitrogens with one attached hydrogen (secondary N) is 1. The molecule has 18 heavy (non-hydrogen) atoms. The van der Waals surface area contributed by atoms with Crippen molar-refractivity contribution in [2.75, 3.05) is 28.3 Å². The molecule has 0 radical (unpaired) electrons. The van der Waals surface area contributed by atoms with Crippen molar-refractivity contribution >= 4 is 12.0 Å². The zero-order chi connectivity index (χ0) is 14.1. The van der Waals surface area contributed by atoms with Gasteiger partial charge in [0.1, 0.15) is 0 Å². The van der Waals surface area contributed by atoms with Gasteiger partial charge in [-0.2, -0.15) is 0 Å². The van der Waals surface area contributed by atoms with Gasteiger partial charge in [0.2, 0.25) is 5.76 Å². The molecule has 0 spiro atoms. The van der Waals surface area contributed by atoms with Crippen LogP contribution in [0.5, 0.6) is 5.75 Å². The lowest BCUT2D eigenvalue weighted by Gasteiger charge is -2.04. The first-order chi connectivity index (χ1) is 8.36. The Morgan fingerprint density at radius 3 is 2.06 bits per heavy atom. The van der Waals surface area contributed by atoms with Crippen LogP contribution in [0.1, 0.15) is 5.56 Å². The topological polar surface area (TPSA) is 74.0 Å². The van der Waals surface area contributed by atoms with Gasteiger partial charge in [-0.3, -0.25) is 0 Å². The molecule has 1 rings (SSSR count). The van der Waals surface area contributed by atoms with Gasteiger partial charge in [0, 0.05) is 0 Å². The average Bonchev–Trinajstić information content (AvgIpc) is 2.27. The van der Waals surface area contributed by atoms with E-state index in [2.05, 4.69) is 25.9 Å². The van der Waals surface area contributed by atoms with Gasteiger partial charge in [0.05, 0.1) is 28.3 Å². The van der Waals surface area contributed by atoms with Crippen molar-refractivity contribution in [3.8, 4) is 5.75 Å². The molecule has 0 saturated carbocycles. The van der Waals surface area contributed by atoms with Crippen LogP contribution in [0.25, 0.3) is 6.08 Å². The van der Waals surface area contributed by atoms with Crippen LogP contribution in [0.15, 0.2) is 30.0 Å². The summed E-state index contributed by atoms with van der Waals surface area (Å²) in [5, 5.41) is 19.4. The van der Waals surface area contributed by atoms with Crippen molar-refractivity contribution in [2.45, 2.75) is 0 Å². The summed E-state index contributed by atoms with van der Waals surface area (Å²) in [6, 6.07) is 5.79. The average molecular weight is 253 g/mol. The van der Waals surface area contributed by atoms with Gasteiger partial charge in [0.15, 0.2) is 0 Å². The second kappa shape index (κ2) is 8.14. The minimum atomic E-state index is -1.14. The third-order valence-corrected chi connectivity index (χ3v) is 1.61. The van der Waals surface area contributed by atoms with E-state index >= 15 is 0 Å². The first kappa shape index (κ1) is 16.0. The number of aliphatic carboxylic acids is 1. The third-order valence-electron chi connectivity index (χ3n) is 1.61. The molecule has 100 valence electrons. The second-order valence-corrected chi connectivity index (χ2v) is 4.09. The number of carboxylic acids is 1. The number of benzene rings is 1. The van der Waals surface area contributed by atoms with Crippen molar-refractivity contribution in [1.82, 2.24) is 0 Å². The molecule has 0 atom stereocenters. The number of carboxylic acid groups (broad SMARTS) is 1. The van der Waals surface area contributed by atoms with E-state index in [0.717, 1.165) is 0 Å². The Morgan fingerprint density at radius 1 is 1.28 bits per heavy atom. The van der Waals surface area contributed by atoms with Crippen molar-refractivity contribution in [1.29, 1.82) is 0 Å². The maximum atomic E-state index is 10.7. The van der Waals surface area contributed by atoms with Crippen LogP contribution < -0.4 is 10.0 Å². The fourth-order valence-electron chi connectivity index (χ4n) is 0.923. The zero-order valence-electron chi connectivity index (χ0n) is 11.1. The van der Waals surface area contributed by atoms with E-state index < -0.39 is 5.97 Å². The standard InChI is InChI=1S/C10H10O4.C3H9N/c1-14-9(10(12)13)6-7-2-4-8(11)5-3-7;1-4(2)3/h2-6,11H,1H3,(H,12,13);1-3H3. The van der Waals surface area contributed by atoms with E-state index in [9.17, 15) is 9.90 Å². The Balaban J connectivity index is 0.000000631. The quantitative estimate of drug-likeness (QED) is 0.567. The minimum Gasteiger partial charge on any atom is -0.872 e. The van der Waals surface area contributed by atoms with Crippen LogP contribution >= 0.6 is 0 Å². The van der Waals surface area contributed by atoms with Crippen molar-refractivity contribution < 1.29 is 24.6 Å². The Morgan fingerprint density at radius 2 is 1.72 bits per heavy atom. The molecule has 0 fully saturated rings. The number of carbonyl (C=O) groups is 1. The monoisotopic (exact) mass is 253 g/mol. The number of hydrogen-bond acceptors (Lipinski definition) is 3. The predicted molar refractivity (Wildman–Crippen MR) is 67.2 cm³/mol. The molecule has 0 aliphatic rings. The van der Waals surface area contributed by atoms with E-state index in [-0.39, 0.29) is 11.5 Å². The van der Waals surface area contributed by atoms with Gasteiger partial charge in [0.25, 0.3) is 0 Å². The summed E-state index contributed by atoms with van der Waals surface area (Å²) in [6.07, 6.45) is 1.35. The second-order valence-electron chi connectivity index (χ2n) is 4.09. The Labute approximate surface area is 107 Å². The smallest absolute Gasteiger partial charge is 0.371 e. The highest BCUT2D eigenvalue weighted by molar-refractivity contribution is 5.89. The van der Waals surface area contributed by atoms with E-state index in [1.807, 2.05) is 0 Å². The largest absolute Gasteiger partial charge is 0.872 e. The van der Waals surface area contributed by atoms with Crippen LogP contribution in [-0.2, 0) is 9.53 Å². The maximum Gasteiger partial charge on any atom is 0.371 e. The zero-order valence-corrected chi connectivity index (χ0v) is 11.1. The van der Waals surface area contributed by atoms with E-state index in [1.54, 1.807) is 0 Å². The highest BCUT2D eigenvalue weighted by Crippen LogP contribution is 2.11. The molecule has 1 aromatic carbocycles. The summed E-state index contributed by atoms with van der Waals surface area (Å²) in [5.74, 6) is -1.42. The van der Waals surface area contributed by atoms with Crippen LogP contribution in [-0.4, -0.2) is 39.3 Å². The fourth-order valence-corrected chi connectivity index (χ4v) is 0.923. The molecule has 0 aliphatic heterocycles. The molecule has 0 saturated heterocycles. The number of rotatable bonds is 3. The van der Waals surface area contributed by atoms with Gasteiger partial charge < -0.3 is 19.8 Å². The van der Waals surface area contributed by atoms with E-state index in [0.29, 0.717) is 5.56 Å². The van der Waals surface area contributed by atoms with Crippen LogP contribution in [0, 0.1) is 0 Å². The molecule has 5 nitrogen and oxygen atoms in total. The van der Waals surface area contributed by atoms with Crippen molar-refractivity contribution in [3.05, 3.63) is 35.6 Å². The number of hydrogen-bond donors (Lipinski definition) is 2. The number of ether oxygens (including phenoxy) is 1. The van der Waals surface area contributed by atoms with Gasteiger partial charge in [-0.25, -0.2) is 4.79 Å². The third kappa shape index (κ3) is 7.29. The molecule has 0 aromatic heterocycles. The molecule has 0 amide bonds. The fraction of sp³-hybridized carbons (Fsp3) is 0.308. The van der Waals surface area contributed by atoms with Crippen molar-refractivity contribution in [2.24, 2.45) is 0 Å². The highest BCUT2D eigenvalue weighted by atomic mass is 16.5. The summed E-state index contributed by atoms with van der Waals surface area (Å²) in [5.41, 5.74) is 0.615. The Hall–Kier alpha value is -2.01. The van der Waals surface area contributed by atoms with Crippen LogP contribution in [0.4, 0.5) is 0 Å². The molecule has 2 N–H and O–H groups in total. The highest BCUT2D eigenvalue weighted by Gasteiger charge is 2.05. The molecule has 0 bridgehead atoms. The molecular weight excluding hydrogens is 234 g/mol. The van der Waals surface area contributed by atoms with Crippen LogP contribution in [0.2, 0.25) is 0 Å². The van der Waals surface area contributed by atoms with E-state index in [1.165, 1.54) is 42.4 Å². The number of quaternary nitrogens is 1. The van der Waals surface area contributed by atoms with Gasteiger partial charge in [-0.1, -0.05) is 24.3 Å². The van der Waals surface area contributed by atoms with Gasteiger partial charge >= 0.3 is 5.97 Å². The first-order valence-electron chi connectivity index (χ1n) is 5.39. The molecule has 0 heterocycles. The summed E-state index contributed by atoms with van der Waals surface area (Å²) >= 11 is 0. The first-order valence-corrected chi connectivity index (χ1v) is 5.39. The normalized spacial score (nSPS) is 10.6.